The Morgan fingerprint density at radius 3 is 2.39 bits per heavy atom. The van der Waals surface area contributed by atoms with E-state index in [1.807, 2.05) is 18.2 Å². The van der Waals surface area contributed by atoms with Gasteiger partial charge in [-0.2, -0.15) is 18.4 Å². The summed E-state index contributed by atoms with van der Waals surface area (Å²) in [5, 5.41) is 9.04. The SMILES string of the molecule is N#Cc1ncc(N2C(=O)C3(CCC3)N(c3ccccc3)C2=S)cc1C(F)(F)F. The molecule has 2 fully saturated rings. The van der Waals surface area contributed by atoms with E-state index in [1.165, 1.54) is 6.07 Å². The minimum absolute atomic E-state index is 0.0916. The summed E-state index contributed by atoms with van der Waals surface area (Å²) in [5.74, 6) is -0.368. The number of anilines is 2. The van der Waals surface area contributed by atoms with Gasteiger partial charge in [0.15, 0.2) is 10.8 Å². The van der Waals surface area contributed by atoms with Crippen LogP contribution in [-0.4, -0.2) is 21.5 Å². The minimum atomic E-state index is -4.77. The van der Waals surface area contributed by atoms with Crippen molar-refractivity contribution in [1.29, 1.82) is 5.26 Å². The van der Waals surface area contributed by atoms with Gasteiger partial charge in [-0.1, -0.05) is 18.2 Å². The number of hydrogen-bond acceptors (Lipinski definition) is 4. The lowest BCUT2D eigenvalue weighted by Crippen LogP contribution is -2.55. The van der Waals surface area contributed by atoms with Crippen molar-refractivity contribution >= 4 is 34.6 Å². The van der Waals surface area contributed by atoms with Gasteiger partial charge in [0.1, 0.15) is 11.6 Å². The number of benzene rings is 1. The number of halogens is 3. The minimum Gasteiger partial charge on any atom is -0.303 e. The normalized spacial score (nSPS) is 18.4. The topological polar surface area (TPSA) is 60.2 Å². The van der Waals surface area contributed by atoms with Gasteiger partial charge in [-0.05, 0) is 49.7 Å². The molecule has 0 radical (unpaired) electrons. The number of carbonyl (C=O) groups excluding carboxylic acids is 1. The third-order valence-electron chi connectivity index (χ3n) is 5.15. The molecule has 0 bridgehead atoms. The second kappa shape index (κ2) is 6.27. The number of alkyl halides is 3. The molecule has 28 heavy (non-hydrogen) atoms. The first-order chi connectivity index (χ1) is 13.3. The molecule has 0 unspecified atom stereocenters. The van der Waals surface area contributed by atoms with Gasteiger partial charge in [-0.25, -0.2) is 4.98 Å². The number of para-hydroxylation sites is 1. The van der Waals surface area contributed by atoms with E-state index in [4.69, 9.17) is 17.5 Å². The Kier molecular flexibility index (Phi) is 4.12. The van der Waals surface area contributed by atoms with Crippen LogP contribution in [0.3, 0.4) is 0 Å². The molecule has 1 saturated carbocycles. The van der Waals surface area contributed by atoms with Crippen LogP contribution in [0.15, 0.2) is 42.6 Å². The molecule has 142 valence electrons. The zero-order chi connectivity index (χ0) is 20.1. The molecule has 2 heterocycles. The second-order valence-corrected chi connectivity index (χ2v) is 7.04. The molecule has 0 N–H and O–H groups in total. The molecule has 1 aliphatic carbocycles. The maximum absolute atomic E-state index is 13.3. The summed E-state index contributed by atoms with van der Waals surface area (Å²) in [5.41, 5.74) is -2.20. The van der Waals surface area contributed by atoms with E-state index in [9.17, 15) is 18.0 Å². The molecule has 1 aromatic carbocycles. The predicted octanol–water partition coefficient (Wildman–Crippen LogP) is 4.03. The van der Waals surface area contributed by atoms with E-state index in [-0.39, 0.29) is 16.7 Å². The van der Waals surface area contributed by atoms with Crippen LogP contribution in [0.4, 0.5) is 24.5 Å². The van der Waals surface area contributed by atoms with Gasteiger partial charge in [0.05, 0.1) is 17.4 Å². The van der Waals surface area contributed by atoms with E-state index in [0.717, 1.165) is 23.6 Å². The van der Waals surface area contributed by atoms with E-state index >= 15 is 0 Å². The molecule has 1 amide bonds. The van der Waals surface area contributed by atoms with E-state index < -0.39 is 23.0 Å². The Labute approximate surface area is 164 Å². The second-order valence-electron chi connectivity index (χ2n) is 6.68. The fourth-order valence-corrected chi connectivity index (χ4v) is 4.13. The van der Waals surface area contributed by atoms with Crippen LogP contribution in [0.5, 0.6) is 0 Å². The number of amides is 1. The summed E-state index contributed by atoms with van der Waals surface area (Å²) in [6.45, 7) is 0. The first-order valence-electron chi connectivity index (χ1n) is 8.51. The molecule has 1 saturated heterocycles. The Bertz CT molecular complexity index is 1010. The van der Waals surface area contributed by atoms with E-state index in [0.29, 0.717) is 18.5 Å². The zero-order valence-electron chi connectivity index (χ0n) is 14.4. The number of pyridine rings is 1. The lowest BCUT2D eigenvalue weighted by Gasteiger charge is -2.43. The number of hydrogen-bond donors (Lipinski definition) is 0. The van der Waals surface area contributed by atoms with Crippen molar-refractivity contribution in [2.24, 2.45) is 0 Å². The van der Waals surface area contributed by atoms with Gasteiger partial charge in [-0.15, -0.1) is 0 Å². The maximum Gasteiger partial charge on any atom is 0.419 e. The molecule has 1 spiro atoms. The van der Waals surface area contributed by atoms with E-state index in [1.54, 1.807) is 17.0 Å². The fraction of sp³-hybridized carbons (Fsp3) is 0.263. The lowest BCUT2D eigenvalue weighted by atomic mass is 9.75. The number of thiocarbonyl (C=S) groups is 1. The van der Waals surface area contributed by atoms with Crippen LogP contribution < -0.4 is 9.80 Å². The van der Waals surface area contributed by atoms with Gasteiger partial charge in [-0.3, -0.25) is 9.69 Å². The summed E-state index contributed by atoms with van der Waals surface area (Å²) in [6.07, 6.45) is -1.74. The molecule has 1 aliphatic heterocycles. The molecule has 2 aromatic rings. The van der Waals surface area contributed by atoms with Gasteiger partial charge in [0.2, 0.25) is 0 Å². The zero-order valence-corrected chi connectivity index (χ0v) is 15.2. The quantitative estimate of drug-likeness (QED) is 0.710. The van der Waals surface area contributed by atoms with Gasteiger partial charge < -0.3 is 4.90 Å². The van der Waals surface area contributed by atoms with Gasteiger partial charge in [0.25, 0.3) is 5.91 Å². The van der Waals surface area contributed by atoms with Crippen LogP contribution in [0, 0.1) is 11.3 Å². The van der Waals surface area contributed by atoms with Crippen molar-refractivity contribution in [3.63, 3.8) is 0 Å². The summed E-state index contributed by atoms with van der Waals surface area (Å²) >= 11 is 5.51. The molecular weight excluding hydrogens is 389 g/mol. The fourth-order valence-electron chi connectivity index (χ4n) is 3.67. The van der Waals surface area contributed by atoms with Crippen LogP contribution >= 0.6 is 12.2 Å². The third kappa shape index (κ3) is 2.56. The first kappa shape index (κ1) is 18.4. The van der Waals surface area contributed by atoms with Crippen molar-refractivity contribution in [3.05, 3.63) is 53.9 Å². The Balaban J connectivity index is 1.83. The smallest absolute Gasteiger partial charge is 0.303 e. The van der Waals surface area contributed by atoms with Crippen LogP contribution in [0.2, 0.25) is 0 Å². The average Bonchev–Trinajstić information content (AvgIpc) is 2.88. The highest BCUT2D eigenvalue weighted by Crippen LogP contribution is 2.48. The van der Waals surface area contributed by atoms with Crippen LogP contribution in [0.25, 0.3) is 0 Å². The van der Waals surface area contributed by atoms with Gasteiger partial charge >= 0.3 is 6.18 Å². The van der Waals surface area contributed by atoms with Crippen molar-refractivity contribution < 1.29 is 18.0 Å². The van der Waals surface area contributed by atoms with E-state index in [2.05, 4.69) is 4.98 Å². The third-order valence-corrected chi connectivity index (χ3v) is 5.51. The first-order valence-corrected chi connectivity index (χ1v) is 8.91. The number of nitriles is 1. The van der Waals surface area contributed by atoms with Gasteiger partial charge in [0, 0.05) is 5.69 Å². The molecule has 0 atom stereocenters. The van der Waals surface area contributed by atoms with Crippen molar-refractivity contribution in [2.45, 2.75) is 31.0 Å². The predicted molar refractivity (Wildman–Crippen MR) is 99.5 cm³/mol. The Hall–Kier alpha value is -2.99. The number of carbonyl (C=O) groups is 1. The monoisotopic (exact) mass is 402 g/mol. The maximum atomic E-state index is 13.3. The highest BCUT2D eigenvalue weighted by atomic mass is 32.1. The summed E-state index contributed by atoms with van der Waals surface area (Å²) in [7, 11) is 0. The van der Waals surface area contributed by atoms with Crippen LogP contribution in [-0.2, 0) is 11.0 Å². The molecule has 2 aliphatic rings. The molecule has 4 rings (SSSR count). The average molecular weight is 402 g/mol. The highest BCUT2D eigenvalue weighted by Gasteiger charge is 2.59. The summed E-state index contributed by atoms with van der Waals surface area (Å²) < 4.78 is 40.0. The summed E-state index contributed by atoms with van der Waals surface area (Å²) in [6, 6.07) is 11.3. The summed E-state index contributed by atoms with van der Waals surface area (Å²) in [4.78, 5) is 19.7. The molecular formula is C19H13F3N4OS. The molecule has 5 nitrogen and oxygen atoms in total. The van der Waals surface area contributed by atoms with Crippen molar-refractivity contribution in [1.82, 2.24) is 4.98 Å². The van der Waals surface area contributed by atoms with Crippen molar-refractivity contribution in [2.75, 3.05) is 9.80 Å². The molecule has 9 heteroatoms. The largest absolute Gasteiger partial charge is 0.419 e. The van der Waals surface area contributed by atoms with Crippen LogP contribution in [0.1, 0.15) is 30.5 Å². The highest BCUT2D eigenvalue weighted by molar-refractivity contribution is 7.81. The van der Waals surface area contributed by atoms with Crippen molar-refractivity contribution in [3.8, 4) is 6.07 Å². The lowest BCUT2D eigenvalue weighted by molar-refractivity contribution is -0.138. The Morgan fingerprint density at radius 2 is 1.86 bits per heavy atom. The number of aromatic nitrogens is 1. The number of rotatable bonds is 2. The Morgan fingerprint density at radius 1 is 1.18 bits per heavy atom. The number of nitrogens with zero attached hydrogens (tertiary/aromatic N) is 4. The standard InChI is InChI=1S/C19H13F3N4OS/c20-19(21,22)14-9-13(11-24-15(14)10-23)25-16(27)18(7-4-8-18)26(17(25)28)12-5-2-1-3-6-12/h1-3,5-6,9,11H,4,7-8H2. The molecule has 1 aromatic heterocycles.